The zero-order valence-electron chi connectivity index (χ0n) is 26.8. The van der Waals surface area contributed by atoms with Crippen LogP contribution in [0.4, 0.5) is 17.1 Å². The molecule has 0 aliphatic carbocycles. The summed E-state index contributed by atoms with van der Waals surface area (Å²) in [6.45, 7) is 3.62. The molecule has 2 heterocycles. The molecule has 3 aromatic rings. The van der Waals surface area contributed by atoms with Gasteiger partial charge in [0.25, 0.3) is 15.9 Å². The van der Waals surface area contributed by atoms with Crippen LogP contribution in [0.1, 0.15) is 56.3 Å². The van der Waals surface area contributed by atoms with Crippen LogP contribution in [0.2, 0.25) is 0 Å². The summed E-state index contributed by atoms with van der Waals surface area (Å²) in [4.78, 5) is 40.3. The third kappa shape index (κ3) is 9.31. The largest absolute Gasteiger partial charge is 0.488 e. The SMILES string of the molecule is C[C@H]1CN([C@@H](C)CO)C(=O)c2cc(NC(=O)CCCCCC(=O)Nc3ccccc3N)ccc2O[C@H]1CN(C)S(=O)(=O)c1cccs1. The number of sulfonamides is 1. The number of likely N-dealkylation sites (N-methyl/N-ethyl adjacent to an activating group) is 1. The third-order valence-electron chi connectivity index (χ3n) is 8.09. The number of aliphatic hydroxyl groups excluding tert-OH is 1. The van der Waals surface area contributed by atoms with Gasteiger partial charge in [-0.3, -0.25) is 14.4 Å². The predicted octanol–water partition coefficient (Wildman–Crippen LogP) is 4.40. The van der Waals surface area contributed by atoms with Crippen molar-refractivity contribution in [2.24, 2.45) is 5.92 Å². The van der Waals surface area contributed by atoms with Crippen molar-refractivity contribution in [1.82, 2.24) is 9.21 Å². The highest BCUT2D eigenvalue weighted by Crippen LogP contribution is 2.31. The quantitative estimate of drug-likeness (QED) is 0.143. The predicted molar refractivity (Wildman–Crippen MR) is 183 cm³/mol. The number of hydrogen-bond donors (Lipinski definition) is 4. The molecule has 2 aromatic carbocycles. The number of fused-ring (bicyclic) bond motifs is 1. The molecule has 1 aromatic heterocycles. The van der Waals surface area contributed by atoms with E-state index in [0.29, 0.717) is 42.7 Å². The Morgan fingerprint density at radius 1 is 1.09 bits per heavy atom. The van der Waals surface area contributed by atoms with E-state index in [-0.39, 0.29) is 65.3 Å². The summed E-state index contributed by atoms with van der Waals surface area (Å²) in [7, 11) is -2.23. The normalized spacial score (nSPS) is 17.3. The fourth-order valence-corrected chi connectivity index (χ4v) is 7.61. The number of unbranched alkanes of at least 4 members (excludes halogenated alkanes) is 2. The van der Waals surface area contributed by atoms with Crippen molar-refractivity contribution in [2.45, 2.75) is 62.3 Å². The highest BCUT2D eigenvalue weighted by molar-refractivity contribution is 7.91. The van der Waals surface area contributed by atoms with Gasteiger partial charge in [0, 0.05) is 38.0 Å². The molecule has 0 saturated heterocycles. The first kappa shape index (κ1) is 35.9. The number of carbonyl (C=O) groups is 3. The number of nitrogens with one attached hydrogen (secondary N) is 2. The first-order valence-electron chi connectivity index (χ1n) is 15.6. The Morgan fingerprint density at radius 2 is 1.79 bits per heavy atom. The second-order valence-electron chi connectivity index (χ2n) is 11.8. The van der Waals surface area contributed by atoms with E-state index >= 15 is 0 Å². The van der Waals surface area contributed by atoms with E-state index in [1.165, 1.54) is 11.4 Å². The Labute approximate surface area is 279 Å². The Morgan fingerprint density at radius 3 is 2.45 bits per heavy atom. The van der Waals surface area contributed by atoms with Gasteiger partial charge in [-0.2, -0.15) is 4.31 Å². The van der Waals surface area contributed by atoms with Crippen LogP contribution in [0.25, 0.3) is 0 Å². The number of para-hydroxylation sites is 2. The minimum atomic E-state index is -3.73. The molecule has 47 heavy (non-hydrogen) atoms. The molecule has 3 amide bonds. The van der Waals surface area contributed by atoms with E-state index in [4.69, 9.17) is 10.5 Å². The second-order valence-corrected chi connectivity index (χ2v) is 15.0. The lowest BCUT2D eigenvalue weighted by atomic mass is 9.99. The molecule has 0 radical (unpaired) electrons. The number of rotatable bonds is 14. The van der Waals surface area contributed by atoms with Crippen molar-refractivity contribution >= 4 is 56.1 Å². The first-order valence-corrected chi connectivity index (χ1v) is 17.9. The van der Waals surface area contributed by atoms with Crippen LogP contribution in [0.15, 0.2) is 64.2 Å². The van der Waals surface area contributed by atoms with Crippen molar-refractivity contribution in [3.63, 3.8) is 0 Å². The number of carbonyl (C=O) groups excluding carboxylic acids is 3. The third-order valence-corrected chi connectivity index (χ3v) is 11.3. The topological polar surface area (TPSA) is 171 Å². The van der Waals surface area contributed by atoms with Crippen LogP contribution < -0.4 is 21.1 Å². The van der Waals surface area contributed by atoms with Crippen LogP contribution in [-0.4, -0.2) is 79.3 Å². The van der Waals surface area contributed by atoms with Crippen LogP contribution in [0.5, 0.6) is 5.75 Å². The number of nitrogen functional groups attached to an aromatic ring is 1. The van der Waals surface area contributed by atoms with Gasteiger partial charge < -0.3 is 31.1 Å². The highest BCUT2D eigenvalue weighted by atomic mass is 32.2. The van der Waals surface area contributed by atoms with E-state index in [0.717, 1.165) is 11.3 Å². The van der Waals surface area contributed by atoms with Gasteiger partial charge in [-0.25, -0.2) is 8.42 Å². The molecule has 0 saturated carbocycles. The molecular weight excluding hydrogens is 643 g/mol. The fourth-order valence-electron chi connectivity index (χ4n) is 5.23. The van der Waals surface area contributed by atoms with Gasteiger partial charge in [0.1, 0.15) is 16.1 Å². The molecule has 1 aliphatic rings. The number of nitrogens with two attached hydrogens (primary N) is 1. The lowest BCUT2D eigenvalue weighted by molar-refractivity contribution is -0.116. The average molecular weight is 686 g/mol. The van der Waals surface area contributed by atoms with Crippen molar-refractivity contribution in [1.29, 1.82) is 0 Å². The lowest BCUT2D eigenvalue weighted by Gasteiger charge is -2.38. The molecule has 1 aliphatic heterocycles. The number of hydrogen-bond acceptors (Lipinski definition) is 9. The summed E-state index contributed by atoms with van der Waals surface area (Å²) in [5.74, 6) is -0.755. The van der Waals surface area contributed by atoms with Crippen molar-refractivity contribution < 1.29 is 32.6 Å². The number of ether oxygens (including phenoxy) is 1. The summed E-state index contributed by atoms with van der Waals surface area (Å²) in [6, 6.07) is 14.6. The van der Waals surface area contributed by atoms with E-state index in [9.17, 15) is 27.9 Å². The molecule has 0 bridgehead atoms. The molecule has 254 valence electrons. The van der Waals surface area contributed by atoms with Gasteiger partial charge in [-0.05, 0) is 61.5 Å². The maximum absolute atomic E-state index is 13.7. The average Bonchev–Trinajstić information content (AvgIpc) is 3.60. The highest BCUT2D eigenvalue weighted by Gasteiger charge is 2.35. The number of aliphatic hydroxyl groups is 1. The van der Waals surface area contributed by atoms with Gasteiger partial charge in [-0.1, -0.05) is 31.5 Å². The Kier molecular flexibility index (Phi) is 12.4. The Bertz CT molecular complexity index is 1650. The number of thiophene rings is 1. The first-order chi connectivity index (χ1) is 22.4. The second kappa shape index (κ2) is 16.2. The van der Waals surface area contributed by atoms with Crippen LogP contribution in [-0.2, 0) is 19.6 Å². The van der Waals surface area contributed by atoms with Crippen LogP contribution in [0.3, 0.4) is 0 Å². The molecule has 0 fully saturated rings. The molecule has 12 nitrogen and oxygen atoms in total. The minimum absolute atomic E-state index is 0.0385. The molecule has 4 rings (SSSR count). The maximum atomic E-state index is 13.7. The summed E-state index contributed by atoms with van der Waals surface area (Å²) < 4.78 is 34.1. The van der Waals surface area contributed by atoms with E-state index in [2.05, 4.69) is 10.6 Å². The van der Waals surface area contributed by atoms with Gasteiger partial charge in [0.2, 0.25) is 11.8 Å². The number of anilines is 3. The van der Waals surface area contributed by atoms with Gasteiger partial charge in [-0.15, -0.1) is 11.3 Å². The summed E-state index contributed by atoms with van der Waals surface area (Å²) in [5, 5.41) is 17.3. The molecule has 14 heteroatoms. The zero-order chi connectivity index (χ0) is 34.1. The van der Waals surface area contributed by atoms with Gasteiger partial charge >= 0.3 is 0 Å². The van der Waals surface area contributed by atoms with E-state index < -0.39 is 22.2 Å². The molecule has 0 spiro atoms. The summed E-state index contributed by atoms with van der Waals surface area (Å²) in [6.07, 6.45) is 1.78. The lowest BCUT2D eigenvalue weighted by Crippen LogP contribution is -2.50. The zero-order valence-corrected chi connectivity index (χ0v) is 28.5. The Balaban J connectivity index is 1.39. The van der Waals surface area contributed by atoms with Gasteiger partial charge in [0.15, 0.2) is 0 Å². The standard InChI is InChI=1S/C33H43N5O7S2/c1-22-19-38(23(2)21-39)33(42)25-18-24(15-16-28(25)45-29(22)20-37(3)47(43,44)32-14-9-17-46-32)35-30(40)12-5-4-6-13-31(41)36-27-11-8-7-10-26(27)34/h7-11,14-18,22-23,29,39H,4-6,12-13,19-21,34H2,1-3H3,(H,35,40)(H,36,41)/t22-,23-,29-/m0/s1. The monoisotopic (exact) mass is 685 g/mol. The maximum Gasteiger partial charge on any atom is 0.258 e. The molecule has 3 atom stereocenters. The Hall–Kier alpha value is -3.98. The van der Waals surface area contributed by atoms with E-state index in [1.54, 1.807) is 71.8 Å². The van der Waals surface area contributed by atoms with Crippen molar-refractivity contribution in [3.8, 4) is 5.75 Å². The number of benzene rings is 2. The minimum Gasteiger partial charge on any atom is -0.488 e. The fraction of sp³-hybridized carbons (Fsp3) is 0.424. The number of nitrogens with zero attached hydrogens (tertiary/aromatic N) is 2. The van der Waals surface area contributed by atoms with Crippen molar-refractivity contribution in [3.05, 3.63) is 65.5 Å². The van der Waals surface area contributed by atoms with Gasteiger partial charge in [0.05, 0.1) is 36.1 Å². The molecular formula is C33H43N5O7S2. The summed E-state index contributed by atoms with van der Waals surface area (Å²) in [5.41, 5.74) is 7.55. The van der Waals surface area contributed by atoms with E-state index in [1.807, 2.05) is 6.92 Å². The number of amides is 3. The van der Waals surface area contributed by atoms with Crippen LogP contribution >= 0.6 is 11.3 Å². The molecule has 0 unspecified atom stereocenters. The molecule has 5 N–H and O–H groups in total. The summed E-state index contributed by atoms with van der Waals surface area (Å²) >= 11 is 1.13. The van der Waals surface area contributed by atoms with Crippen LogP contribution in [0, 0.1) is 5.92 Å². The smallest absolute Gasteiger partial charge is 0.258 e. The van der Waals surface area contributed by atoms with Crippen molar-refractivity contribution in [2.75, 3.05) is 43.1 Å².